The second-order valence-corrected chi connectivity index (χ2v) is 13.6. The summed E-state index contributed by atoms with van der Waals surface area (Å²) in [6.07, 6.45) is 2.09. The van der Waals surface area contributed by atoms with Gasteiger partial charge >= 0.3 is 0 Å². The van der Waals surface area contributed by atoms with E-state index in [1.807, 2.05) is 23.3 Å². The van der Waals surface area contributed by atoms with Crippen molar-refractivity contribution in [1.29, 1.82) is 0 Å². The Balaban J connectivity index is 1.23. The van der Waals surface area contributed by atoms with E-state index in [-0.39, 0.29) is 47.6 Å². The molecule has 4 bridgehead atoms. The van der Waals surface area contributed by atoms with E-state index < -0.39 is 30.0 Å². The highest BCUT2D eigenvalue weighted by molar-refractivity contribution is 7.17. The number of nitrogens with one attached hydrogen (secondary N) is 1. The fourth-order valence-corrected chi connectivity index (χ4v) is 7.51. The summed E-state index contributed by atoms with van der Waals surface area (Å²) < 4.78 is 28.4. The molecule has 3 aliphatic heterocycles. The molecular formula is C35H37FN6O6S. The first-order chi connectivity index (χ1) is 23.7. The summed E-state index contributed by atoms with van der Waals surface area (Å²) in [6, 6.07) is 10.3. The van der Waals surface area contributed by atoms with Crippen LogP contribution in [0.4, 0.5) is 10.2 Å². The molecule has 7 rings (SSSR count). The maximum Gasteiger partial charge on any atom is 0.254 e. The van der Waals surface area contributed by atoms with Crippen LogP contribution in [0, 0.1) is 5.82 Å². The number of amides is 3. The summed E-state index contributed by atoms with van der Waals surface area (Å²) in [4.78, 5) is 55.3. The topological polar surface area (TPSA) is 137 Å². The number of benzene rings is 2. The molecule has 2 saturated heterocycles. The molecule has 14 heteroatoms. The van der Waals surface area contributed by atoms with Crippen LogP contribution in [0.1, 0.15) is 52.5 Å². The summed E-state index contributed by atoms with van der Waals surface area (Å²) >= 11 is 1.53. The number of nitrogens with zero attached hydrogens (tertiary/aromatic N) is 5. The van der Waals surface area contributed by atoms with Crippen molar-refractivity contribution >= 4 is 45.1 Å². The van der Waals surface area contributed by atoms with Crippen LogP contribution >= 0.6 is 11.3 Å². The zero-order valence-corrected chi connectivity index (χ0v) is 27.8. The van der Waals surface area contributed by atoms with Crippen molar-refractivity contribution in [2.45, 2.75) is 51.0 Å². The second-order valence-electron chi connectivity index (χ2n) is 12.7. The average Bonchev–Trinajstić information content (AvgIpc) is 3.73. The minimum Gasteiger partial charge on any atom is -0.457 e. The lowest BCUT2D eigenvalue weighted by molar-refractivity contribution is -0.123. The molecule has 2 fully saturated rings. The minimum atomic E-state index is -0.541. The second kappa shape index (κ2) is 14.1. The van der Waals surface area contributed by atoms with Crippen molar-refractivity contribution in [1.82, 2.24) is 25.1 Å². The van der Waals surface area contributed by atoms with Gasteiger partial charge in [-0.3, -0.25) is 14.4 Å². The number of aliphatic hydroxyl groups is 1. The SMILES string of the molecule is CCCN1CC(=O)N[C@@H]2CN(c3ncnc4ccsc34)C[C@H]2OCc2cc(F)cc(c2)Oc2cc(C(=O)N3CCC(O)CC3)cc(c2)C1=O. The van der Waals surface area contributed by atoms with Gasteiger partial charge in [-0.1, -0.05) is 6.92 Å². The molecule has 0 saturated carbocycles. The average molecular weight is 689 g/mol. The maximum absolute atomic E-state index is 15.0. The van der Waals surface area contributed by atoms with Gasteiger partial charge in [-0.05, 0) is 66.6 Å². The van der Waals surface area contributed by atoms with Gasteiger partial charge in [-0.2, -0.15) is 0 Å². The van der Waals surface area contributed by atoms with Gasteiger partial charge in [0.15, 0.2) is 0 Å². The van der Waals surface area contributed by atoms with Crippen LogP contribution in [-0.2, 0) is 16.1 Å². The Kier molecular flexibility index (Phi) is 9.43. The van der Waals surface area contributed by atoms with Crippen molar-refractivity contribution in [3.05, 3.63) is 76.7 Å². The summed E-state index contributed by atoms with van der Waals surface area (Å²) in [5.74, 6) is -0.561. The van der Waals surface area contributed by atoms with E-state index in [9.17, 15) is 23.9 Å². The normalized spacial score (nSPS) is 20.7. The number of halogens is 1. The van der Waals surface area contributed by atoms with Crippen LogP contribution < -0.4 is 15.0 Å². The van der Waals surface area contributed by atoms with E-state index in [0.29, 0.717) is 57.5 Å². The summed E-state index contributed by atoms with van der Waals surface area (Å²) in [6.45, 7) is 3.62. The molecule has 4 aromatic rings. The number of hydrogen-bond acceptors (Lipinski definition) is 10. The standard InChI is InChI=1S/C35H37FN6O6S/c1-2-6-41-18-31(44)39-29-16-42(33-32-28(5-9-49-32)37-20-38-33)17-30(29)47-19-21-10-24(36)15-26(11-21)48-27-13-22(12-23(14-27)35(41)46)34(45)40-7-3-25(43)4-8-40/h5,9-15,20,25,29-30,43H,2-4,6-8,16-19H2,1H3,(H,39,44)/t29-,30-/m1/s1. The van der Waals surface area contributed by atoms with Gasteiger partial charge in [0.1, 0.15) is 29.5 Å². The fourth-order valence-electron chi connectivity index (χ4n) is 6.64. The van der Waals surface area contributed by atoms with Crippen LogP contribution in [0.25, 0.3) is 10.2 Å². The molecule has 0 aliphatic carbocycles. The molecule has 2 N–H and O–H groups in total. The Morgan fingerprint density at radius 3 is 2.71 bits per heavy atom. The van der Waals surface area contributed by atoms with Gasteiger partial charge in [0.2, 0.25) is 5.91 Å². The van der Waals surface area contributed by atoms with Gasteiger partial charge in [0.25, 0.3) is 11.8 Å². The van der Waals surface area contributed by atoms with Crippen molar-refractivity contribution in [3.8, 4) is 11.5 Å². The van der Waals surface area contributed by atoms with Crippen LogP contribution in [0.3, 0.4) is 0 Å². The van der Waals surface area contributed by atoms with E-state index in [2.05, 4.69) is 15.3 Å². The molecule has 0 unspecified atom stereocenters. The lowest BCUT2D eigenvalue weighted by Crippen LogP contribution is -2.49. The van der Waals surface area contributed by atoms with Crippen LogP contribution in [-0.4, -0.2) is 100 Å². The third kappa shape index (κ3) is 7.21. The number of ether oxygens (including phenoxy) is 2. The summed E-state index contributed by atoms with van der Waals surface area (Å²) in [7, 11) is 0. The fraction of sp³-hybridized carbons (Fsp3) is 0.400. The molecule has 2 aromatic heterocycles. The number of aliphatic hydroxyl groups excluding tert-OH is 1. The maximum atomic E-state index is 15.0. The van der Waals surface area contributed by atoms with Gasteiger partial charge in [-0.15, -0.1) is 11.3 Å². The number of piperidine rings is 1. The number of carbonyl (C=O) groups excluding carboxylic acids is 3. The number of aromatic nitrogens is 2. The van der Waals surface area contributed by atoms with E-state index in [1.54, 1.807) is 11.0 Å². The monoisotopic (exact) mass is 688 g/mol. The number of rotatable bonds is 4. The zero-order valence-electron chi connectivity index (χ0n) is 27.0. The lowest BCUT2D eigenvalue weighted by Gasteiger charge is -2.30. The summed E-state index contributed by atoms with van der Waals surface area (Å²) in [5.41, 5.74) is 1.73. The number of thiophene rings is 1. The van der Waals surface area contributed by atoms with Crippen LogP contribution in [0.15, 0.2) is 54.2 Å². The predicted octanol–water partition coefficient (Wildman–Crippen LogP) is 3.98. The Labute approximate surface area is 286 Å². The molecule has 0 spiro atoms. The largest absolute Gasteiger partial charge is 0.457 e. The highest BCUT2D eigenvalue weighted by Gasteiger charge is 2.37. The van der Waals surface area contributed by atoms with Gasteiger partial charge in [-0.25, -0.2) is 14.4 Å². The zero-order chi connectivity index (χ0) is 34.1. The quantitative estimate of drug-likeness (QED) is 0.326. The first-order valence-corrected chi connectivity index (χ1v) is 17.3. The third-order valence-electron chi connectivity index (χ3n) is 9.03. The molecule has 2 atom stereocenters. The lowest BCUT2D eigenvalue weighted by atomic mass is 10.0. The Morgan fingerprint density at radius 1 is 1.08 bits per heavy atom. The van der Waals surface area contributed by atoms with E-state index >= 15 is 0 Å². The number of hydrogen-bond donors (Lipinski definition) is 2. The number of likely N-dealkylation sites (tertiary alicyclic amines) is 1. The van der Waals surface area contributed by atoms with Crippen LogP contribution in [0.2, 0.25) is 0 Å². The molecule has 49 heavy (non-hydrogen) atoms. The Hall–Kier alpha value is -4.66. The van der Waals surface area contributed by atoms with E-state index in [1.165, 1.54) is 52.9 Å². The highest BCUT2D eigenvalue weighted by atomic mass is 32.1. The highest BCUT2D eigenvalue weighted by Crippen LogP contribution is 2.32. The van der Waals surface area contributed by atoms with Crippen molar-refractivity contribution < 1.29 is 33.4 Å². The minimum absolute atomic E-state index is 0.0439. The number of anilines is 1. The summed E-state index contributed by atoms with van der Waals surface area (Å²) in [5, 5.41) is 15.0. The molecule has 3 amide bonds. The number of carbonyl (C=O) groups is 3. The van der Waals surface area contributed by atoms with Gasteiger partial charge in [0.05, 0.1) is 41.6 Å². The molecule has 256 valence electrons. The van der Waals surface area contributed by atoms with Crippen molar-refractivity contribution in [2.75, 3.05) is 44.2 Å². The van der Waals surface area contributed by atoms with Gasteiger partial charge < -0.3 is 34.6 Å². The smallest absolute Gasteiger partial charge is 0.254 e. The van der Waals surface area contributed by atoms with Gasteiger partial charge in [0, 0.05) is 49.9 Å². The predicted molar refractivity (Wildman–Crippen MR) is 180 cm³/mol. The van der Waals surface area contributed by atoms with E-state index in [0.717, 1.165) is 16.0 Å². The molecule has 2 aromatic carbocycles. The molecule has 5 heterocycles. The first kappa shape index (κ1) is 32.9. The molecule has 3 aliphatic rings. The third-order valence-corrected chi connectivity index (χ3v) is 9.93. The van der Waals surface area contributed by atoms with Crippen LogP contribution in [0.5, 0.6) is 11.5 Å². The number of fused-ring (bicyclic) bond motifs is 6. The van der Waals surface area contributed by atoms with E-state index in [4.69, 9.17) is 9.47 Å². The molecule has 0 radical (unpaired) electrons. The molecular weight excluding hydrogens is 651 g/mol. The Morgan fingerprint density at radius 2 is 1.90 bits per heavy atom. The van der Waals surface area contributed by atoms with Crippen molar-refractivity contribution in [2.24, 2.45) is 0 Å². The molecule has 12 nitrogen and oxygen atoms in total. The first-order valence-electron chi connectivity index (χ1n) is 16.5. The van der Waals surface area contributed by atoms with Crippen molar-refractivity contribution in [3.63, 3.8) is 0 Å². The Bertz CT molecular complexity index is 1880.